The zero-order valence-electron chi connectivity index (χ0n) is 13.4. The number of benzene rings is 2. The minimum absolute atomic E-state index is 0.686. The number of ether oxygens (including phenoxy) is 3. The molecule has 0 saturated carbocycles. The Bertz CT molecular complexity index is 834. The fourth-order valence-corrected chi connectivity index (χ4v) is 2.54. The van der Waals surface area contributed by atoms with E-state index in [9.17, 15) is 0 Å². The van der Waals surface area contributed by atoms with Gasteiger partial charge < -0.3 is 14.2 Å². The van der Waals surface area contributed by atoms with Crippen LogP contribution in [0.2, 0.25) is 0 Å². The number of aromatic nitrogens is 2. The third-order valence-electron chi connectivity index (χ3n) is 3.75. The van der Waals surface area contributed by atoms with Gasteiger partial charge in [0.05, 0.1) is 32.5 Å². The third kappa shape index (κ3) is 3.04. The monoisotopic (exact) mass is 310 g/mol. The number of hydrogen-bond donors (Lipinski definition) is 0. The molecule has 0 N–H and O–H groups in total. The maximum Gasteiger partial charge on any atom is 0.160 e. The number of fused-ring (bicyclic) bond motifs is 1. The van der Waals surface area contributed by atoms with Crippen LogP contribution in [0.25, 0.3) is 10.9 Å². The Kier molecular flexibility index (Phi) is 4.28. The topological polar surface area (TPSA) is 53.5 Å². The molecular formula is C18H18N2O3. The lowest BCUT2D eigenvalue weighted by Gasteiger charge is -2.10. The van der Waals surface area contributed by atoms with E-state index in [2.05, 4.69) is 9.97 Å². The van der Waals surface area contributed by atoms with Crippen molar-refractivity contribution < 1.29 is 14.2 Å². The summed E-state index contributed by atoms with van der Waals surface area (Å²) in [5.41, 5.74) is 2.93. The van der Waals surface area contributed by atoms with Gasteiger partial charge in [0, 0.05) is 17.9 Å². The Morgan fingerprint density at radius 3 is 2.39 bits per heavy atom. The lowest BCUT2D eigenvalue weighted by Crippen LogP contribution is -1.97. The summed E-state index contributed by atoms with van der Waals surface area (Å²) in [6, 6.07) is 11.7. The first-order chi connectivity index (χ1) is 11.2. The van der Waals surface area contributed by atoms with Crippen molar-refractivity contribution in [3.05, 3.63) is 54.0 Å². The summed E-state index contributed by atoms with van der Waals surface area (Å²) in [5.74, 6) is 2.21. The largest absolute Gasteiger partial charge is 0.497 e. The van der Waals surface area contributed by atoms with E-state index in [4.69, 9.17) is 14.2 Å². The second kappa shape index (κ2) is 6.52. The molecule has 0 radical (unpaired) electrons. The standard InChI is InChI=1S/C18H18N2O3/c1-21-13-5-6-14-15(19-11-20-16(14)10-13)8-12-4-7-17(22-2)18(9-12)23-3/h4-7,9-11H,8H2,1-3H3. The van der Waals surface area contributed by atoms with Crippen molar-refractivity contribution in [3.63, 3.8) is 0 Å². The fourth-order valence-electron chi connectivity index (χ4n) is 2.54. The number of nitrogens with zero attached hydrogens (tertiary/aromatic N) is 2. The summed E-state index contributed by atoms with van der Waals surface area (Å²) in [6.45, 7) is 0. The lowest BCUT2D eigenvalue weighted by atomic mass is 10.0. The second-order valence-corrected chi connectivity index (χ2v) is 5.07. The van der Waals surface area contributed by atoms with E-state index in [1.807, 2.05) is 36.4 Å². The summed E-state index contributed by atoms with van der Waals surface area (Å²) >= 11 is 0. The number of rotatable bonds is 5. The van der Waals surface area contributed by atoms with Crippen molar-refractivity contribution in [2.75, 3.05) is 21.3 Å². The summed E-state index contributed by atoms with van der Waals surface area (Å²) in [4.78, 5) is 8.75. The lowest BCUT2D eigenvalue weighted by molar-refractivity contribution is 0.354. The molecule has 3 aromatic rings. The molecule has 5 heteroatoms. The first-order valence-electron chi connectivity index (χ1n) is 7.23. The quantitative estimate of drug-likeness (QED) is 0.724. The summed E-state index contributed by atoms with van der Waals surface area (Å²) in [7, 11) is 4.91. The molecule has 3 rings (SSSR count). The molecule has 5 nitrogen and oxygen atoms in total. The molecule has 0 unspecified atom stereocenters. The van der Waals surface area contributed by atoms with Crippen LogP contribution >= 0.6 is 0 Å². The molecule has 0 spiro atoms. The van der Waals surface area contributed by atoms with E-state index in [-0.39, 0.29) is 0 Å². The molecule has 0 atom stereocenters. The van der Waals surface area contributed by atoms with Crippen LogP contribution in [-0.4, -0.2) is 31.3 Å². The highest BCUT2D eigenvalue weighted by molar-refractivity contribution is 5.82. The molecule has 118 valence electrons. The Labute approximate surface area is 134 Å². The summed E-state index contributed by atoms with van der Waals surface area (Å²) in [5, 5.41) is 1.02. The highest BCUT2D eigenvalue weighted by Crippen LogP contribution is 2.29. The van der Waals surface area contributed by atoms with Gasteiger partial charge >= 0.3 is 0 Å². The molecule has 0 aliphatic heterocycles. The van der Waals surface area contributed by atoms with Gasteiger partial charge in [-0.1, -0.05) is 6.07 Å². The van der Waals surface area contributed by atoms with Crippen LogP contribution < -0.4 is 14.2 Å². The molecule has 23 heavy (non-hydrogen) atoms. The summed E-state index contributed by atoms with van der Waals surface area (Å²) < 4.78 is 15.9. The van der Waals surface area contributed by atoms with Gasteiger partial charge in [0.1, 0.15) is 12.1 Å². The van der Waals surface area contributed by atoms with Gasteiger partial charge in [-0.3, -0.25) is 0 Å². The smallest absolute Gasteiger partial charge is 0.160 e. The number of hydrogen-bond acceptors (Lipinski definition) is 5. The van der Waals surface area contributed by atoms with Crippen molar-refractivity contribution >= 4 is 10.9 Å². The Hall–Kier alpha value is -2.82. The van der Waals surface area contributed by atoms with Crippen molar-refractivity contribution in [1.82, 2.24) is 9.97 Å². The normalized spacial score (nSPS) is 10.6. The fraction of sp³-hybridized carbons (Fsp3) is 0.222. The molecule has 1 heterocycles. The van der Waals surface area contributed by atoms with Crippen LogP contribution in [0, 0.1) is 0 Å². The highest BCUT2D eigenvalue weighted by atomic mass is 16.5. The minimum atomic E-state index is 0.686. The minimum Gasteiger partial charge on any atom is -0.497 e. The first-order valence-corrected chi connectivity index (χ1v) is 7.23. The van der Waals surface area contributed by atoms with Crippen LogP contribution in [0.5, 0.6) is 17.2 Å². The molecule has 1 aromatic heterocycles. The van der Waals surface area contributed by atoms with Crippen LogP contribution in [0.4, 0.5) is 0 Å². The maximum atomic E-state index is 5.36. The molecule has 0 fully saturated rings. The van der Waals surface area contributed by atoms with E-state index in [1.165, 1.54) is 0 Å². The summed E-state index contributed by atoms with van der Waals surface area (Å²) in [6.07, 6.45) is 2.27. The van der Waals surface area contributed by atoms with E-state index < -0.39 is 0 Å². The first kappa shape index (κ1) is 15.1. The van der Waals surface area contributed by atoms with Crippen molar-refractivity contribution in [1.29, 1.82) is 0 Å². The highest BCUT2D eigenvalue weighted by Gasteiger charge is 2.09. The second-order valence-electron chi connectivity index (χ2n) is 5.07. The maximum absolute atomic E-state index is 5.36. The van der Waals surface area contributed by atoms with Crippen LogP contribution in [-0.2, 0) is 6.42 Å². The number of methoxy groups -OCH3 is 3. The zero-order chi connectivity index (χ0) is 16.2. The van der Waals surface area contributed by atoms with Gasteiger partial charge in [-0.15, -0.1) is 0 Å². The van der Waals surface area contributed by atoms with Gasteiger partial charge in [-0.2, -0.15) is 0 Å². The molecule has 0 aliphatic carbocycles. The van der Waals surface area contributed by atoms with Crippen LogP contribution in [0.1, 0.15) is 11.3 Å². The molecule has 0 saturated heterocycles. The van der Waals surface area contributed by atoms with Gasteiger partial charge in [0.25, 0.3) is 0 Å². The van der Waals surface area contributed by atoms with Crippen molar-refractivity contribution in [2.24, 2.45) is 0 Å². The van der Waals surface area contributed by atoms with E-state index in [0.29, 0.717) is 17.9 Å². The zero-order valence-corrected chi connectivity index (χ0v) is 13.4. The van der Waals surface area contributed by atoms with Crippen LogP contribution in [0.15, 0.2) is 42.7 Å². The van der Waals surface area contributed by atoms with Gasteiger partial charge in [-0.25, -0.2) is 9.97 Å². The predicted molar refractivity (Wildman–Crippen MR) is 88.4 cm³/mol. The molecule has 0 aliphatic rings. The van der Waals surface area contributed by atoms with E-state index >= 15 is 0 Å². The molecule has 0 amide bonds. The van der Waals surface area contributed by atoms with Crippen molar-refractivity contribution in [3.8, 4) is 17.2 Å². The molecule has 2 aromatic carbocycles. The Morgan fingerprint density at radius 2 is 1.65 bits per heavy atom. The van der Waals surface area contributed by atoms with E-state index in [0.717, 1.165) is 27.9 Å². The SMILES string of the molecule is COc1ccc2c(Cc3ccc(OC)c(OC)c3)ncnc2c1. The van der Waals surface area contributed by atoms with Gasteiger partial charge in [0.2, 0.25) is 0 Å². The Morgan fingerprint density at radius 1 is 0.826 bits per heavy atom. The Balaban J connectivity index is 1.98. The average Bonchev–Trinajstić information content (AvgIpc) is 2.61. The van der Waals surface area contributed by atoms with Crippen LogP contribution in [0.3, 0.4) is 0 Å². The molecular weight excluding hydrogens is 292 g/mol. The molecule has 0 bridgehead atoms. The average molecular weight is 310 g/mol. The predicted octanol–water partition coefficient (Wildman–Crippen LogP) is 3.25. The van der Waals surface area contributed by atoms with Gasteiger partial charge in [-0.05, 0) is 29.8 Å². The van der Waals surface area contributed by atoms with Gasteiger partial charge in [0.15, 0.2) is 11.5 Å². The third-order valence-corrected chi connectivity index (χ3v) is 3.75. The van der Waals surface area contributed by atoms with E-state index in [1.54, 1.807) is 27.7 Å². The van der Waals surface area contributed by atoms with Crippen molar-refractivity contribution in [2.45, 2.75) is 6.42 Å².